The van der Waals surface area contributed by atoms with Gasteiger partial charge >= 0.3 is 0 Å². The molecule has 1 atom stereocenters. The number of nitrogens with zero attached hydrogens (tertiary/aromatic N) is 2. The molecule has 0 fully saturated rings. The molecule has 0 saturated heterocycles. The van der Waals surface area contributed by atoms with Crippen molar-refractivity contribution in [1.29, 1.82) is 0 Å². The zero-order valence-electron chi connectivity index (χ0n) is 10.9. The molecule has 1 heterocycles. The van der Waals surface area contributed by atoms with Gasteiger partial charge in [0.15, 0.2) is 0 Å². The van der Waals surface area contributed by atoms with Crippen LogP contribution in [0.25, 0.3) is 0 Å². The fourth-order valence-corrected chi connectivity index (χ4v) is 1.04. The van der Waals surface area contributed by atoms with Crippen molar-refractivity contribution in [3.05, 3.63) is 12.3 Å². The van der Waals surface area contributed by atoms with Gasteiger partial charge in [0.05, 0.1) is 6.10 Å². The Balaban J connectivity index is 2.59. The van der Waals surface area contributed by atoms with E-state index in [9.17, 15) is 9.90 Å². The summed E-state index contributed by atoms with van der Waals surface area (Å²) in [6.07, 6.45) is 1.59. The van der Waals surface area contributed by atoms with Crippen LogP contribution in [-0.4, -0.2) is 33.7 Å². The van der Waals surface area contributed by atoms with E-state index in [4.69, 9.17) is 4.74 Å². The second-order valence-electron chi connectivity index (χ2n) is 4.24. The van der Waals surface area contributed by atoms with Crippen LogP contribution in [0.2, 0.25) is 0 Å². The van der Waals surface area contributed by atoms with Gasteiger partial charge in [0, 0.05) is 18.2 Å². The Bertz CT molecular complexity index is 396. The van der Waals surface area contributed by atoms with E-state index in [0.717, 1.165) is 0 Å². The van der Waals surface area contributed by atoms with Gasteiger partial charge < -0.3 is 9.84 Å². The van der Waals surface area contributed by atoms with Gasteiger partial charge in [-0.25, -0.2) is 4.98 Å². The maximum atomic E-state index is 11.5. The normalized spacial score (nSPS) is 12.3. The van der Waals surface area contributed by atoms with Crippen LogP contribution < -0.4 is 10.1 Å². The minimum absolute atomic E-state index is 0.139. The quantitative estimate of drug-likeness (QED) is 0.796. The van der Waals surface area contributed by atoms with Gasteiger partial charge in [0.2, 0.25) is 17.7 Å². The first kappa shape index (κ1) is 14.4. The molecule has 6 nitrogen and oxygen atoms in total. The van der Waals surface area contributed by atoms with E-state index >= 15 is 0 Å². The maximum absolute atomic E-state index is 11.5. The molecule has 18 heavy (non-hydrogen) atoms. The largest absolute Gasteiger partial charge is 0.475 e. The molecule has 0 aliphatic heterocycles. The van der Waals surface area contributed by atoms with Crippen LogP contribution in [0, 0.1) is 5.92 Å². The van der Waals surface area contributed by atoms with Gasteiger partial charge in [-0.15, -0.1) is 0 Å². The van der Waals surface area contributed by atoms with E-state index < -0.39 is 6.10 Å². The molecule has 0 aliphatic carbocycles. The standard InChI is InChI=1S/C12H19N3O3/c1-4-9(16)7-18-10-5-6-13-12(14-10)15-11(17)8(2)3/h5-6,8-9,16H,4,7H2,1-3H3,(H,13,14,15,17)/t9-/m1/s1. The highest BCUT2D eigenvalue weighted by Crippen LogP contribution is 2.10. The molecule has 0 spiro atoms. The third-order valence-corrected chi connectivity index (χ3v) is 2.28. The van der Waals surface area contributed by atoms with Gasteiger partial charge in [-0.1, -0.05) is 20.8 Å². The molecule has 2 N–H and O–H groups in total. The minimum Gasteiger partial charge on any atom is -0.475 e. The van der Waals surface area contributed by atoms with Crippen molar-refractivity contribution in [2.24, 2.45) is 5.92 Å². The average molecular weight is 253 g/mol. The molecule has 0 aliphatic rings. The summed E-state index contributed by atoms with van der Waals surface area (Å²) in [5.74, 6) is 0.245. The fraction of sp³-hybridized carbons (Fsp3) is 0.583. The number of carbonyl (C=O) groups is 1. The first-order chi connectivity index (χ1) is 8.52. The third kappa shape index (κ3) is 4.67. The molecule has 1 rings (SSSR count). The van der Waals surface area contributed by atoms with E-state index in [0.29, 0.717) is 12.3 Å². The number of amides is 1. The molecule has 1 amide bonds. The van der Waals surface area contributed by atoms with Gasteiger partial charge in [-0.2, -0.15) is 4.98 Å². The van der Waals surface area contributed by atoms with Crippen LogP contribution in [0.3, 0.4) is 0 Å². The highest BCUT2D eigenvalue weighted by Gasteiger charge is 2.10. The number of nitrogens with one attached hydrogen (secondary N) is 1. The van der Waals surface area contributed by atoms with Crippen molar-refractivity contribution >= 4 is 11.9 Å². The zero-order chi connectivity index (χ0) is 13.5. The predicted octanol–water partition coefficient (Wildman–Crippen LogP) is 1.22. The third-order valence-electron chi connectivity index (χ3n) is 2.28. The molecule has 0 unspecified atom stereocenters. The SMILES string of the molecule is CC[C@@H](O)COc1ccnc(NC(=O)C(C)C)n1. The molecule has 100 valence electrons. The number of aliphatic hydroxyl groups is 1. The number of hydrogen-bond donors (Lipinski definition) is 2. The Morgan fingerprint density at radius 3 is 2.89 bits per heavy atom. The lowest BCUT2D eigenvalue weighted by Gasteiger charge is -2.10. The number of rotatable bonds is 6. The number of hydrogen-bond acceptors (Lipinski definition) is 5. The van der Waals surface area contributed by atoms with E-state index in [1.54, 1.807) is 19.9 Å². The van der Waals surface area contributed by atoms with E-state index in [2.05, 4.69) is 15.3 Å². The summed E-state index contributed by atoms with van der Waals surface area (Å²) in [6.45, 7) is 5.61. The molecular weight excluding hydrogens is 234 g/mol. The summed E-state index contributed by atoms with van der Waals surface area (Å²) in [5, 5.41) is 11.9. The highest BCUT2D eigenvalue weighted by atomic mass is 16.5. The van der Waals surface area contributed by atoms with Crippen molar-refractivity contribution in [1.82, 2.24) is 9.97 Å². The monoisotopic (exact) mass is 253 g/mol. The molecule has 6 heteroatoms. The predicted molar refractivity (Wildman–Crippen MR) is 67.3 cm³/mol. The average Bonchev–Trinajstić information content (AvgIpc) is 2.36. The molecule has 0 bridgehead atoms. The molecular formula is C12H19N3O3. The van der Waals surface area contributed by atoms with E-state index in [1.807, 2.05) is 6.92 Å². The van der Waals surface area contributed by atoms with Gasteiger partial charge in [0.1, 0.15) is 6.61 Å². The van der Waals surface area contributed by atoms with Crippen molar-refractivity contribution in [3.8, 4) is 5.88 Å². The molecule has 0 aromatic carbocycles. The summed E-state index contributed by atoms with van der Waals surface area (Å²) in [7, 11) is 0. The van der Waals surface area contributed by atoms with Crippen LogP contribution in [-0.2, 0) is 4.79 Å². The van der Waals surface area contributed by atoms with Crippen molar-refractivity contribution in [2.75, 3.05) is 11.9 Å². The van der Waals surface area contributed by atoms with Crippen molar-refractivity contribution < 1.29 is 14.6 Å². The second kappa shape index (κ2) is 6.90. The number of aromatic nitrogens is 2. The maximum Gasteiger partial charge on any atom is 0.232 e. The van der Waals surface area contributed by atoms with Crippen molar-refractivity contribution in [2.45, 2.75) is 33.3 Å². The zero-order valence-corrected chi connectivity index (χ0v) is 10.9. The fourth-order valence-electron chi connectivity index (χ4n) is 1.04. The smallest absolute Gasteiger partial charge is 0.232 e. The van der Waals surface area contributed by atoms with E-state index in [-0.39, 0.29) is 24.4 Å². The minimum atomic E-state index is -0.520. The number of aliphatic hydroxyl groups excluding tert-OH is 1. The summed E-state index contributed by atoms with van der Waals surface area (Å²) in [6, 6.07) is 1.58. The first-order valence-corrected chi connectivity index (χ1v) is 5.97. The number of carbonyl (C=O) groups excluding carboxylic acids is 1. The lowest BCUT2D eigenvalue weighted by Crippen LogP contribution is -2.20. The van der Waals surface area contributed by atoms with Gasteiger partial charge in [-0.05, 0) is 6.42 Å². The van der Waals surface area contributed by atoms with E-state index in [1.165, 1.54) is 6.20 Å². The van der Waals surface area contributed by atoms with Crippen LogP contribution in [0.15, 0.2) is 12.3 Å². The molecule has 1 aromatic heterocycles. The first-order valence-electron chi connectivity index (χ1n) is 5.97. The van der Waals surface area contributed by atoms with Crippen LogP contribution in [0.4, 0.5) is 5.95 Å². The second-order valence-corrected chi connectivity index (χ2v) is 4.24. The Morgan fingerprint density at radius 2 is 2.28 bits per heavy atom. The number of anilines is 1. The lowest BCUT2D eigenvalue weighted by molar-refractivity contribution is -0.118. The van der Waals surface area contributed by atoms with Gasteiger partial charge in [-0.3, -0.25) is 10.1 Å². The Kier molecular flexibility index (Phi) is 5.51. The Hall–Kier alpha value is -1.69. The van der Waals surface area contributed by atoms with Crippen molar-refractivity contribution in [3.63, 3.8) is 0 Å². The Labute approximate surface area is 106 Å². The lowest BCUT2D eigenvalue weighted by atomic mass is 10.2. The van der Waals surface area contributed by atoms with Crippen LogP contribution >= 0.6 is 0 Å². The van der Waals surface area contributed by atoms with Gasteiger partial charge in [0.25, 0.3) is 0 Å². The summed E-state index contributed by atoms with van der Waals surface area (Å²) >= 11 is 0. The number of ether oxygens (including phenoxy) is 1. The Morgan fingerprint density at radius 1 is 1.56 bits per heavy atom. The molecule has 1 aromatic rings. The molecule has 0 radical (unpaired) electrons. The highest BCUT2D eigenvalue weighted by molar-refractivity contribution is 5.90. The summed E-state index contributed by atoms with van der Waals surface area (Å²) < 4.78 is 5.29. The summed E-state index contributed by atoms with van der Waals surface area (Å²) in [5.41, 5.74) is 0. The summed E-state index contributed by atoms with van der Waals surface area (Å²) in [4.78, 5) is 19.4. The molecule has 0 saturated carbocycles. The van der Waals surface area contributed by atoms with Crippen LogP contribution in [0.1, 0.15) is 27.2 Å². The van der Waals surface area contributed by atoms with Crippen LogP contribution in [0.5, 0.6) is 5.88 Å². The topological polar surface area (TPSA) is 84.3 Å².